The summed E-state index contributed by atoms with van der Waals surface area (Å²) in [6.45, 7) is 24.4. The standard InChI is InChI=1S/C91H138N20O23/c1-19-49(6)68(102-81(130)87(11,12)103-72(121)58(36-38-66(93)116)99-82(131)90(17,20-2)107-74(123)61(96-51(8)113)43-53-45-94-56-32-26-25-31-55(53)56)78(127)101-69(50(7)112)79(128)106-86(9,10)80(129)100-59(41-48(4)5)73(122)105-88(13,14)83(132)109-39-27-33-62(109)75(124)97-57(35-37-65(92)115)71(120)104-89(15,16)84(133)111-47-54(114)44-64(111)77(126)108-91(18,21-3)85(134)110-40-28-34-63(110)76(125)98-60(70(119)95-46-67(117)118)42-52-29-23-22-24-30-52/h22-26,29-32,45,48-50,54,57-64,68-69,94,112,114H,19-21,27-28,33-44,46-47H2,1-18H3,(H2,92,115)(H2,93,116)(H,95,119)(H,96,113)(H,97,124)(H,98,125)(H,99,131)(H,100,129)(H,101,127)(H,102,130)(H,103,121)(H,104,120)(H,105,122)(H,106,128)(H,107,123)(H,108,126)(H,117,118)/t49?,50-,54?,57+,58+,59+,60+,61+,62+,63+,64+,68+,69+,90?,91?/m1/s1. The Labute approximate surface area is 779 Å². The summed E-state index contributed by atoms with van der Waals surface area (Å²) < 4.78 is 0. The Morgan fingerprint density at radius 2 is 0.948 bits per heavy atom. The van der Waals surface area contributed by atoms with Crippen molar-refractivity contribution in [2.75, 3.05) is 26.2 Å². The summed E-state index contributed by atoms with van der Waals surface area (Å²) in [4.78, 5) is 285. The quantitative estimate of drug-likeness (QED) is 0.0282. The van der Waals surface area contributed by atoms with Crippen LogP contribution in [0.3, 0.4) is 0 Å². The number of nitrogens with one attached hydrogen (secondary N) is 15. The number of carbonyl (C=O) groups is 20. The Hall–Kier alpha value is -12.7. The van der Waals surface area contributed by atoms with Gasteiger partial charge in [0.2, 0.25) is 112 Å². The Morgan fingerprint density at radius 1 is 0.478 bits per heavy atom. The van der Waals surface area contributed by atoms with Crippen LogP contribution >= 0.6 is 0 Å². The number of carboxylic acids is 1. The minimum Gasteiger partial charge on any atom is -0.480 e. The van der Waals surface area contributed by atoms with Gasteiger partial charge in [0.25, 0.3) is 0 Å². The molecule has 3 saturated heterocycles. The topological polar surface area (TPSA) is 648 Å². The maximum absolute atomic E-state index is 14.8. The highest BCUT2D eigenvalue weighted by Gasteiger charge is 2.52. The number of nitrogens with zero attached hydrogens (tertiary/aromatic N) is 3. The van der Waals surface area contributed by atoms with Crippen LogP contribution in [0.15, 0.2) is 60.8 Å². The molecule has 43 heteroatoms. The number of primary amides is 2. The van der Waals surface area contributed by atoms with Gasteiger partial charge in [0, 0.05) is 75.8 Å². The molecule has 3 fully saturated rings. The number of aromatic amines is 1. The molecule has 0 bridgehead atoms. The number of amides is 19. The van der Waals surface area contributed by atoms with Crippen LogP contribution in [0.25, 0.3) is 10.9 Å². The van der Waals surface area contributed by atoms with Crippen LogP contribution in [-0.4, -0.2) is 285 Å². The smallest absolute Gasteiger partial charge is 0.322 e. The van der Waals surface area contributed by atoms with Crippen molar-refractivity contribution in [3.8, 4) is 0 Å². The van der Waals surface area contributed by atoms with Crippen molar-refractivity contribution in [2.24, 2.45) is 23.3 Å². The molecule has 6 rings (SSSR count). The van der Waals surface area contributed by atoms with E-state index in [0.29, 0.717) is 17.5 Å². The zero-order valence-electron chi connectivity index (χ0n) is 79.8. The maximum Gasteiger partial charge on any atom is 0.322 e. The second-order valence-corrected chi connectivity index (χ2v) is 38.0. The van der Waals surface area contributed by atoms with E-state index >= 15 is 0 Å². The molecule has 22 N–H and O–H groups in total. The van der Waals surface area contributed by atoms with E-state index in [1.165, 1.54) is 92.9 Å². The Bertz CT molecular complexity index is 4840. The van der Waals surface area contributed by atoms with E-state index in [0.717, 1.165) is 15.8 Å². The average molecular weight is 1880 g/mol. The first kappa shape index (κ1) is 110. The van der Waals surface area contributed by atoms with Gasteiger partial charge in [-0.25, -0.2) is 0 Å². The lowest BCUT2D eigenvalue weighted by atomic mass is 9.94. The van der Waals surface area contributed by atoms with Crippen LogP contribution in [0.4, 0.5) is 0 Å². The SMILES string of the molecule is CCC(C)[C@H](NC(=O)C(C)(C)NC(=O)[C@H](CCC(N)=O)NC(=O)C(C)(CC)NC(=O)[C@H](Cc1c[nH]c2ccccc12)NC(C)=O)C(=O)N[C@H](C(=O)NC(C)(C)C(=O)N[C@@H](CC(C)C)C(=O)NC(C)(C)C(=O)N1CCC[C@H]1C(=O)N[C@@H](CCC(N)=O)C(=O)NC(C)(C)C(=O)N1CC(O)C[C@H]1C(=O)NC(C)(CC)C(=O)N1CCC[C@H]1C(=O)N[C@@H](Cc1ccccc1)C(=O)NCC(=O)O)[C@@H](C)O. The van der Waals surface area contributed by atoms with Gasteiger partial charge in [-0.05, 0) is 163 Å². The van der Waals surface area contributed by atoms with Crippen molar-refractivity contribution in [1.82, 2.24) is 94.1 Å². The highest BCUT2D eigenvalue weighted by Crippen LogP contribution is 2.30. The number of aliphatic carboxylic acids is 1. The van der Waals surface area contributed by atoms with Gasteiger partial charge < -0.3 is 121 Å². The summed E-state index contributed by atoms with van der Waals surface area (Å²) in [5.41, 5.74) is 2.02. The van der Waals surface area contributed by atoms with E-state index in [2.05, 4.69) is 79.4 Å². The van der Waals surface area contributed by atoms with Gasteiger partial charge in [-0.3, -0.25) is 95.9 Å². The molecule has 134 heavy (non-hydrogen) atoms. The minimum absolute atomic E-state index is 0.0212. The van der Waals surface area contributed by atoms with Crippen molar-refractivity contribution in [2.45, 2.75) is 327 Å². The van der Waals surface area contributed by atoms with E-state index in [4.69, 9.17) is 11.5 Å². The number of hydrogen-bond donors (Lipinski definition) is 20. The molecule has 4 heterocycles. The van der Waals surface area contributed by atoms with Crippen molar-refractivity contribution in [1.29, 1.82) is 0 Å². The van der Waals surface area contributed by atoms with E-state index in [-0.39, 0.29) is 89.6 Å². The minimum atomic E-state index is -1.95. The van der Waals surface area contributed by atoms with Crippen molar-refractivity contribution >= 4 is 129 Å². The predicted octanol–water partition coefficient (Wildman–Crippen LogP) is -2.34. The number of aliphatic hydroxyl groups is 2. The lowest BCUT2D eigenvalue weighted by Gasteiger charge is -2.38. The third-order valence-corrected chi connectivity index (χ3v) is 24.5. The molecule has 3 aliphatic heterocycles. The van der Waals surface area contributed by atoms with Gasteiger partial charge >= 0.3 is 5.97 Å². The summed E-state index contributed by atoms with van der Waals surface area (Å²) in [7, 11) is 0. The van der Waals surface area contributed by atoms with E-state index in [1.54, 1.807) is 78.1 Å². The fourth-order valence-corrected chi connectivity index (χ4v) is 16.0. The van der Waals surface area contributed by atoms with Gasteiger partial charge in [0.15, 0.2) is 0 Å². The van der Waals surface area contributed by atoms with E-state index < -0.39 is 262 Å². The van der Waals surface area contributed by atoms with Crippen LogP contribution < -0.4 is 85.9 Å². The first-order valence-electron chi connectivity index (χ1n) is 45.3. The van der Waals surface area contributed by atoms with Gasteiger partial charge in [-0.15, -0.1) is 0 Å². The molecule has 2 aromatic carbocycles. The number of likely N-dealkylation sites (tertiary alicyclic amines) is 3. The second kappa shape index (κ2) is 47.3. The summed E-state index contributed by atoms with van der Waals surface area (Å²) >= 11 is 0. The first-order valence-corrected chi connectivity index (χ1v) is 45.3. The molecule has 3 aliphatic rings. The molecule has 19 amide bonds. The van der Waals surface area contributed by atoms with E-state index in [9.17, 15) is 111 Å². The molecule has 3 aromatic rings. The van der Waals surface area contributed by atoms with Crippen LogP contribution in [0.5, 0.6) is 0 Å². The summed E-state index contributed by atoms with van der Waals surface area (Å²) in [6, 6.07) is 1.73. The third kappa shape index (κ3) is 29.9. The Morgan fingerprint density at radius 3 is 1.46 bits per heavy atom. The number of aromatic nitrogens is 1. The van der Waals surface area contributed by atoms with Gasteiger partial charge in [-0.2, -0.15) is 0 Å². The van der Waals surface area contributed by atoms with Gasteiger partial charge in [0.1, 0.15) is 100 Å². The van der Waals surface area contributed by atoms with Crippen molar-refractivity contribution in [3.63, 3.8) is 0 Å². The molecule has 4 unspecified atom stereocenters. The second-order valence-electron chi connectivity index (χ2n) is 38.0. The Balaban J connectivity index is 1.08. The molecule has 1 aromatic heterocycles. The lowest BCUT2D eigenvalue weighted by Crippen LogP contribution is -2.66. The maximum atomic E-state index is 14.8. The highest BCUT2D eigenvalue weighted by atomic mass is 16.4. The number of carbonyl (C=O) groups excluding carboxylic acids is 19. The summed E-state index contributed by atoms with van der Waals surface area (Å²) in [5, 5.41) is 68.5. The van der Waals surface area contributed by atoms with Crippen molar-refractivity contribution in [3.05, 3.63) is 71.9 Å². The van der Waals surface area contributed by atoms with Crippen LogP contribution in [-0.2, 0) is 109 Å². The monoisotopic (exact) mass is 1880 g/mol. The highest BCUT2D eigenvalue weighted by molar-refractivity contribution is 6.04. The van der Waals surface area contributed by atoms with Crippen molar-refractivity contribution < 1.29 is 111 Å². The van der Waals surface area contributed by atoms with Crippen LogP contribution in [0.1, 0.15) is 219 Å². The Kier molecular flexibility index (Phi) is 38.8. The van der Waals surface area contributed by atoms with E-state index in [1.807, 2.05) is 24.3 Å². The molecule has 0 aliphatic carbocycles. The molecule has 740 valence electrons. The molecule has 0 saturated carbocycles. The fourth-order valence-electron chi connectivity index (χ4n) is 16.0. The number of aliphatic hydroxyl groups excluding tert-OH is 2. The lowest BCUT2D eigenvalue weighted by molar-refractivity contribution is -0.149. The average Bonchev–Trinajstić information content (AvgIpc) is 1.59. The number of H-pyrrole nitrogens is 1. The number of para-hydroxylation sites is 1. The number of benzene rings is 2. The number of nitrogens with two attached hydrogens (primary N) is 2. The first-order chi connectivity index (χ1) is 62.4. The molecule has 0 radical (unpaired) electrons. The molecular weight excluding hydrogens is 1740 g/mol. The summed E-state index contributed by atoms with van der Waals surface area (Å²) in [6.07, 6.45) is -2.43. The van der Waals surface area contributed by atoms with Crippen LogP contribution in [0.2, 0.25) is 0 Å². The number of rotatable bonds is 48. The molecular formula is C91H138N20O23. The van der Waals surface area contributed by atoms with Gasteiger partial charge in [-0.1, -0.05) is 96.5 Å². The summed E-state index contributed by atoms with van der Waals surface area (Å²) in [5.74, 6) is -18.8. The molecule has 0 spiro atoms. The largest absolute Gasteiger partial charge is 0.480 e. The number of fused-ring (bicyclic) bond motifs is 1. The zero-order valence-corrected chi connectivity index (χ0v) is 79.8. The number of carboxylic acid groups (broad SMARTS) is 1. The third-order valence-electron chi connectivity index (χ3n) is 24.5. The fraction of sp³-hybridized carbons (Fsp3) is 0.626. The molecule has 15 atom stereocenters. The van der Waals surface area contributed by atoms with Crippen LogP contribution in [0, 0.1) is 11.8 Å². The zero-order chi connectivity index (χ0) is 101. The normalized spacial score (nSPS) is 18.6. The molecule has 43 nitrogen and oxygen atoms in total. The van der Waals surface area contributed by atoms with Gasteiger partial charge in [0.05, 0.1) is 12.2 Å². The predicted molar refractivity (Wildman–Crippen MR) is 488 cm³/mol. The number of hydrogen-bond acceptors (Lipinski definition) is 22. The number of β-amino-alcohol motifs (C(OH)–C–C–N with tert-alkyl or cyclic N) is 1.